The van der Waals surface area contributed by atoms with Crippen LogP contribution in [0.1, 0.15) is 30.7 Å². The molecule has 5 rings (SSSR count). The summed E-state index contributed by atoms with van der Waals surface area (Å²) in [4.78, 5) is 15.1. The number of hydrogen-bond acceptors (Lipinski definition) is 6. The molecular formula is C21H18ClN3OS2. The van der Waals surface area contributed by atoms with Gasteiger partial charge in [-0.15, -0.1) is 23.1 Å². The van der Waals surface area contributed by atoms with Crippen molar-refractivity contribution in [2.45, 2.75) is 43.3 Å². The van der Waals surface area contributed by atoms with Crippen LogP contribution in [0.2, 0.25) is 5.02 Å². The number of pyridine rings is 1. The van der Waals surface area contributed by atoms with E-state index < -0.39 is 0 Å². The molecule has 0 bridgehead atoms. The van der Waals surface area contributed by atoms with Gasteiger partial charge < -0.3 is 4.74 Å². The third kappa shape index (κ3) is 3.39. The highest BCUT2D eigenvalue weighted by molar-refractivity contribution is 7.98. The zero-order chi connectivity index (χ0) is 19.3. The summed E-state index contributed by atoms with van der Waals surface area (Å²) >= 11 is 9.38. The van der Waals surface area contributed by atoms with Crippen molar-refractivity contribution in [1.82, 2.24) is 15.0 Å². The molecular weight excluding hydrogens is 410 g/mol. The molecule has 28 heavy (non-hydrogen) atoms. The summed E-state index contributed by atoms with van der Waals surface area (Å²) in [6, 6.07) is 10.1. The van der Waals surface area contributed by atoms with Gasteiger partial charge in [0.2, 0.25) is 0 Å². The second-order valence-corrected chi connectivity index (χ2v) is 9.95. The van der Waals surface area contributed by atoms with E-state index in [-0.39, 0.29) is 5.60 Å². The van der Waals surface area contributed by atoms with Gasteiger partial charge in [-0.2, -0.15) is 0 Å². The maximum absolute atomic E-state index is 5.98. The highest BCUT2D eigenvalue weighted by Crippen LogP contribution is 2.39. The molecule has 0 unspecified atom stereocenters. The third-order valence-electron chi connectivity index (χ3n) is 4.88. The minimum Gasteiger partial charge on any atom is -0.370 e. The molecule has 142 valence electrons. The number of benzene rings is 1. The van der Waals surface area contributed by atoms with Gasteiger partial charge in [0.25, 0.3) is 0 Å². The predicted molar refractivity (Wildman–Crippen MR) is 116 cm³/mol. The van der Waals surface area contributed by atoms with E-state index in [2.05, 4.69) is 42.0 Å². The number of rotatable bonds is 3. The lowest BCUT2D eigenvalue weighted by Gasteiger charge is -2.30. The molecule has 0 N–H and O–H groups in total. The molecule has 0 radical (unpaired) electrons. The summed E-state index contributed by atoms with van der Waals surface area (Å²) in [6.07, 6.45) is 2.48. The van der Waals surface area contributed by atoms with Crippen molar-refractivity contribution in [3.8, 4) is 0 Å². The summed E-state index contributed by atoms with van der Waals surface area (Å²) in [6.45, 7) is 4.83. The highest BCUT2D eigenvalue weighted by Gasteiger charge is 2.28. The molecule has 0 atom stereocenters. The van der Waals surface area contributed by atoms with Crippen LogP contribution in [-0.2, 0) is 23.5 Å². The molecule has 1 aliphatic heterocycles. The van der Waals surface area contributed by atoms with Crippen LogP contribution in [-0.4, -0.2) is 20.6 Å². The summed E-state index contributed by atoms with van der Waals surface area (Å²) < 4.78 is 7.07. The summed E-state index contributed by atoms with van der Waals surface area (Å²) in [7, 11) is 0. The average molecular weight is 428 g/mol. The number of fused-ring (bicyclic) bond motifs is 4. The van der Waals surface area contributed by atoms with Gasteiger partial charge in [0.15, 0.2) is 0 Å². The number of ether oxygens (including phenoxy) is 1. The molecule has 3 aromatic heterocycles. The maximum Gasteiger partial charge on any atom is 0.126 e. The maximum atomic E-state index is 5.98. The van der Waals surface area contributed by atoms with Crippen LogP contribution >= 0.6 is 34.7 Å². The fourth-order valence-corrected chi connectivity index (χ4v) is 5.69. The molecule has 1 aliphatic rings. The molecule has 1 aromatic carbocycles. The molecule has 0 spiro atoms. The van der Waals surface area contributed by atoms with Gasteiger partial charge in [-0.3, -0.25) is 0 Å². The molecule has 0 fully saturated rings. The fraction of sp³-hybridized carbons (Fsp3) is 0.286. The van der Waals surface area contributed by atoms with E-state index in [4.69, 9.17) is 21.3 Å². The zero-order valence-corrected chi connectivity index (χ0v) is 17.9. The lowest BCUT2D eigenvalue weighted by Crippen LogP contribution is -2.32. The van der Waals surface area contributed by atoms with Gasteiger partial charge in [-0.25, -0.2) is 15.0 Å². The molecule has 4 heterocycles. The number of thioether (sulfide) groups is 1. The number of nitrogens with zero attached hydrogens (tertiary/aromatic N) is 3. The SMILES string of the molecule is CC1(C)Cc2nc3sc4c(SCc5ccc(Cl)cc5)ncnc4c3cc2CO1. The Bertz CT molecular complexity index is 1190. The molecule has 0 saturated heterocycles. The van der Waals surface area contributed by atoms with Crippen molar-refractivity contribution in [1.29, 1.82) is 0 Å². The van der Waals surface area contributed by atoms with Gasteiger partial charge in [-0.05, 0) is 37.6 Å². The Labute approximate surface area is 176 Å². The average Bonchev–Trinajstić information content (AvgIpc) is 3.03. The number of hydrogen-bond donors (Lipinski definition) is 0. The van der Waals surface area contributed by atoms with E-state index in [0.717, 1.165) is 48.3 Å². The smallest absolute Gasteiger partial charge is 0.126 e. The Hall–Kier alpha value is -1.73. The second kappa shape index (κ2) is 6.95. The molecule has 4 nitrogen and oxygen atoms in total. The Morgan fingerprint density at radius 2 is 2.04 bits per heavy atom. The lowest BCUT2D eigenvalue weighted by atomic mass is 9.95. The standard InChI is InChI=1S/C21H18ClN3OS2/c1-21(2)8-16-13(9-26-21)7-15-17-18(28-19(15)25-16)20(24-11-23-17)27-10-12-3-5-14(22)6-4-12/h3-7,11H,8-10H2,1-2H3. The first-order chi connectivity index (χ1) is 13.5. The fourth-order valence-electron chi connectivity index (χ4n) is 3.40. The van der Waals surface area contributed by atoms with Crippen LogP contribution in [0.5, 0.6) is 0 Å². The van der Waals surface area contributed by atoms with Crippen molar-refractivity contribution in [2.75, 3.05) is 0 Å². The summed E-state index contributed by atoms with van der Waals surface area (Å²) in [5, 5.41) is 2.85. The summed E-state index contributed by atoms with van der Waals surface area (Å²) in [5.41, 5.74) is 4.34. The van der Waals surface area contributed by atoms with Crippen molar-refractivity contribution in [2.24, 2.45) is 0 Å². The number of halogens is 1. The zero-order valence-electron chi connectivity index (χ0n) is 15.5. The first kappa shape index (κ1) is 18.3. The minimum atomic E-state index is -0.163. The summed E-state index contributed by atoms with van der Waals surface area (Å²) in [5.74, 6) is 0.837. The highest BCUT2D eigenvalue weighted by atomic mass is 35.5. The largest absolute Gasteiger partial charge is 0.370 e. The van der Waals surface area contributed by atoms with E-state index in [1.165, 1.54) is 11.1 Å². The lowest BCUT2D eigenvalue weighted by molar-refractivity contribution is -0.0411. The van der Waals surface area contributed by atoms with Crippen molar-refractivity contribution < 1.29 is 4.74 Å². The molecule has 7 heteroatoms. The Morgan fingerprint density at radius 1 is 1.21 bits per heavy atom. The van der Waals surface area contributed by atoms with Crippen molar-refractivity contribution in [3.63, 3.8) is 0 Å². The Morgan fingerprint density at radius 3 is 2.86 bits per heavy atom. The molecule has 0 amide bonds. The van der Waals surface area contributed by atoms with Gasteiger partial charge >= 0.3 is 0 Å². The van der Waals surface area contributed by atoms with Crippen LogP contribution < -0.4 is 0 Å². The van der Waals surface area contributed by atoms with Crippen molar-refractivity contribution >= 4 is 55.1 Å². The molecule has 0 aliphatic carbocycles. The second-order valence-electron chi connectivity index (χ2n) is 7.55. The van der Waals surface area contributed by atoms with E-state index >= 15 is 0 Å². The molecule has 4 aromatic rings. The van der Waals surface area contributed by atoms with Crippen LogP contribution in [0, 0.1) is 0 Å². The van der Waals surface area contributed by atoms with Gasteiger partial charge in [0, 0.05) is 28.1 Å². The first-order valence-electron chi connectivity index (χ1n) is 9.06. The Kier molecular flexibility index (Phi) is 4.55. The van der Waals surface area contributed by atoms with Crippen LogP contribution in [0.3, 0.4) is 0 Å². The van der Waals surface area contributed by atoms with E-state index in [0.29, 0.717) is 6.61 Å². The van der Waals surface area contributed by atoms with E-state index in [1.54, 1.807) is 29.4 Å². The topological polar surface area (TPSA) is 47.9 Å². The minimum absolute atomic E-state index is 0.163. The number of aromatic nitrogens is 3. The quantitative estimate of drug-likeness (QED) is 0.295. The van der Waals surface area contributed by atoms with Crippen LogP contribution in [0.4, 0.5) is 0 Å². The van der Waals surface area contributed by atoms with Crippen molar-refractivity contribution in [3.05, 3.63) is 58.5 Å². The monoisotopic (exact) mass is 427 g/mol. The van der Waals surface area contributed by atoms with Gasteiger partial charge in [0.05, 0.1) is 28.1 Å². The van der Waals surface area contributed by atoms with Gasteiger partial charge in [0.1, 0.15) is 16.2 Å². The van der Waals surface area contributed by atoms with Crippen LogP contribution in [0.15, 0.2) is 41.7 Å². The van der Waals surface area contributed by atoms with Gasteiger partial charge in [-0.1, -0.05) is 23.7 Å². The normalized spacial score (nSPS) is 15.8. The Balaban J connectivity index is 1.53. The first-order valence-corrected chi connectivity index (χ1v) is 11.2. The predicted octanol–water partition coefficient (Wildman–Crippen LogP) is 6.04. The third-order valence-corrected chi connectivity index (χ3v) is 7.42. The van der Waals surface area contributed by atoms with Crippen LogP contribution in [0.25, 0.3) is 20.4 Å². The van der Waals surface area contributed by atoms with E-state index in [9.17, 15) is 0 Å². The number of thiophene rings is 1. The molecule has 0 saturated carbocycles. The van der Waals surface area contributed by atoms with E-state index in [1.807, 2.05) is 12.1 Å².